The number of hydrogen-bond donors (Lipinski definition) is 2. The first kappa shape index (κ1) is 20.6. The molecule has 1 fully saturated rings. The second kappa shape index (κ2) is 8.93. The highest BCUT2D eigenvalue weighted by Gasteiger charge is 2.22. The number of fused-ring (bicyclic) bond motifs is 1. The van der Waals surface area contributed by atoms with Crippen LogP contribution >= 0.6 is 11.6 Å². The maximum atomic E-state index is 12.6. The molecule has 1 aromatic carbocycles. The van der Waals surface area contributed by atoms with E-state index in [4.69, 9.17) is 21.5 Å². The maximum Gasteiger partial charge on any atom is 0.290 e. The third kappa shape index (κ3) is 4.49. The summed E-state index contributed by atoms with van der Waals surface area (Å²) in [6, 6.07) is 10.7. The number of benzene rings is 1. The molecule has 29 heavy (non-hydrogen) atoms. The fourth-order valence-corrected chi connectivity index (χ4v) is 3.55. The number of rotatable bonds is 2. The van der Waals surface area contributed by atoms with E-state index in [9.17, 15) is 10.0 Å². The van der Waals surface area contributed by atoms with Crippen LogP contribution in [0.4, 0.5) is 5.82 Å². The SMILES string of the molecule is CN1CCN(c2ccc(-c3cc4c(Cl)cccc4c(=O)[nH]3)c[n+]2[O-])CC1.O=CO. The lowest BCUT2D eigenvalue weighted by molar-refractivity contribution is -0.591. The highest BCUT2D eigenvalue weighted by molar-refractivity contribution is 6.35. The van der Waals surface area contributed by atoms with Crippen LogP contribution in [0.2, 0.25) is 5.02 Å². The Balaban J connectivity index is 0.000000755. The van der Waals surface area contributed by atoms with Gasteiger partial charge >= 0.3 is 0 Å². The zero-order chi connectivity index (χ0) is 21.0. The fourth-order valence-electron chi connectivity index (χ4n) is 3.32. The molecule has 3 heterocycles. The van der Waals surface area contributed by atoms with Crippen molar-refractivity contribution in [3.8, 4) is 11.3 Å². The Morgan fingerprint density at radius 3 is 2.52 bits per heavy atom. The molecule has 0 saturated carbocycles. The summed E-state index contributed by atoms with van der Waals surface area (Å²) in [6.07, 6.45) is 1.50. The molecule has 3 aromatic rings. The van der Waals surface area contributed by atoms with Crippen molar-refractivity contribution in [2.45, 2.75) is 0 Å². The molecular weight excluding hydrogens is 396 g/mol. The summed E-state index contributed by atoms with van der Waals surface area (Å²) >= 11 is 6.23. The number of likely N-dealkylation sites (N-methyl/N-ethyl adjacent to an activating group) is 1. The quantitative estimate of drug-likeness (QED) is 0.376. The zero-order valence-corrected chi connectivity index (χ0v) is 16.6. The average molecular weight is 417 g/mol. The number of aromatic amines is 1. The number of H-pyrrole nitrogens is 1. The zero-order valence-electron chi connectivity index (χ0n) is 15.8. The number of aromatic nitrogens is 2. The standard InChI is InChI=1S/C19H19ClN4O2.CH2O2/c1-22-7-9-23(10-8-22)18-6-5-13(12-24(18)26)17-11-15-14(19(25)21-17)3-2-4-16(15)20;2-1-3/h2-6,11-12H,7-10H2,1H3,(H,21,25);1H,(H,2,3). The molecular formula is C20H21ClN4O4. The lowest BCUT2D eigenvalue weighted by Gasteiger charge is -2.29. The predicted octanol–water partition coefficient (Wildman–Crippen LogP) is 1.93. The molecule has 2 aromatic heterocycles. The van der Waals surface area contributed by atoms with Gasteiger partial charge in [0.1, 0.15) is 6.20 Å². The average Bonchev–Trinajstić information content (AvgIpc) is 2.70. The summed E-state index contributed by atoms with van der Waals surface area (Å²) < 4.78 is 0.871. The molecule has 0 aliphatic carbocycles. The minimum Gasteiger partial charge on any atom is -0.711 e. The molecule has 9 heteroatoms. The molecule has 2 N–H and O–H groups in total. The van der Waals surface area contributed by atoms with Gasteiger partial charge in [-0.2, -0.15) is 0 Å². The van der Waals surface area contributed by atoms with Crippen molar-refractivity contribution >= 4 is 34.7 Å². The van der Waals surface area contributed by atoms with Crippen LogP contribution in [0, 0.1) is 5.21 Å². The van der Waals surface area contributed by atoms with Gasteiger partial charge in [-0.1, -0.05) is 17.7 Å². The largest absolute Gasteiger partial charge is 0.711 e. The lowest BCUT2D eigenvalue weighted by Crippen LogP contribution is -2.48. The van der Waals surface area contributed by atoms with Crippen molar-refractivity contribution in [3.63, 3.8) is 0 Å². The highest BCUT2D eigenvalue weighted by Crippen LogP contribution is 2.25. The number of pyridine rings is 2. The molecule has 0 radical (unpaired) electrons. The molecule has 0 unspecified atom stereocenters. The monoisotopic (exact) mass is 416 g/mol. The Morgan fingerprint density at radius 1 is 1.17 bits per heavy atom. The van der Waals surface area contributed by atoms with E-state index in [0.717, 1.165) is 30.9 Å². The Kier molecular flexibility index (Phi) is 6.36. The van der Waals surface area contributed by atoms with Gasteiger partial charge < -0.3 is 15.3 Å². The number of nitrogens with one attached hydrogen (secondary N) is 1. The predicted molar refractivity (Wildman–Crippen MR) is 112 cm³/mol. The van der Waals surface area contributed by atoms with Crippen molar-refractivity contribution < 1.29 is 14.6 Å². The minimum atomic E-state index is -0.250. The van der Waals surface area contributed by atoms with E-state index in [-0.39, 0.29) is 12.0 Å². The van der Waals surface area contributed by atoms with E-state index in [1.165, 1.54) is 6.20 Å². The van der Waals surface area contributed by atoms with Crippen LogP contribution < -0.4 is 15.2 Å². The van der Waals surface area contributed by atoms with Crippen LogP contribution in [0.3, 0.4) is 0 Å². The highest BCUT2D eigenvalue weighted by atomic mass is 35.5. The van der Waals surface area contributed by atoms with E-state index >= 15 is 0 Å². The second-order valence-corrected chi connectivity index (χ2v) is 7.12. The number of carboxylic acid groups (broad SMARTS) is 1. The van der Waals surface area contributed by atoms with Gasteiger partial charge in [-0.25, -0.2) is 4.73 Å². The van der Waals surface area contributed by atoms with E-state index < -0.39 is 0 Å². The van der Waals surface area contributed by atoms with Crippen LogP contribution in [0.1, 0.15) is 0 Å². The number of piperazine rings is 1. The first-order chi connectivity index (χ1) is 13.9. The van der Waals surface area contributed by atoms with Gasteiger partial charge in [0, 0.05) is 40.5 Å². The van der Waals surface area contributed by atoms with E-state index in [0.29, 0.717) is 32.9 Å². The molecule has 0 bridgehead atoms. The van der Waals surface area contributed by atoms with Crippen LogP contribution in [0.25, 0.3) is 22.0 Å². The Labute approximate surface area is 172 Å². The van der Waals surface area contributed by atoms with Gasteiger partial charge in [0.15, 0.2) is 0 Å². The molecule has 1 saturated heterocycles. The Morgan fingerprint density at radius 2 is 1.86 bits per heavy atom. The summed E-state index contributed by atoms with van der Waals surface area (Å²) in [4.78, 5) is 27.9. The normalized spacial score (nSPS) is 14.3. The summed E-state index contributed by atoms with van der Waals surface area (Å²) in [5, 5.41) is 21.2. The van der Waals surface area contributed by atoms with Crippen LogP contribution in [-0.4, -0.2) is 54.7 Å². The van der Waals surface area contributed by atoms with Gasteiger partial charge in [-0.05, 0) is 31.3 Å². The molecule has 1 aliphatic heterocycles. The lowest BCUT2D eigenvalue weighted by atomic mass is 10.1. The number of nitrogens with zero attached hydrogens (tertiary/aromatic N) is 3. The molecule has 4 rings (SSSR count). The molecule has 0 atom stereocenters. The Hall–Kier alpha value is -3.10. The van der Waals surface area contributed by atoms with Gasteiger partial charge in [0.05, 0.1) is 18.8 Å². The molecule has 1 aliphatic rings. The maximum absolute atomic E-state index is 12.6. The number of anilines is 1. The fraction of sp³-hybridized carbons (Fsp3) is 0.250. The summed E-state index contributed by atoms with van der Waals surface area (Å²) in [7, 11) is 2.08. The number of hydrogen-bond acceptors (Lipinski definition) is 5. The van der Waals surface area contributed by atoms with Gasteiger partial charge in [-0.3, -0.25) is 19.4 Å². The van der Waals surface area contributed by atoms with Crippen LogP contribution in [0.15, 0.2) is 47.4 Å². The van der Waals surface area contributed by atoms with Crippen molar-refractivity contribution in [1.82, 2.24) is 9.88 Å². The third-order valence-electron chi connectivity index (χ3n) is 4.87. The number of halogens is 1. The summed E-state index contributed by atoms with van der Waals surface area (Å²) in [6.45, 7) is 3.25. The topological polar surface area (TPSA) is 104 Å². The molecule has 0 spiro atoms. The van der Waals surface area contributed by atoms with Crippen LogP contribution in [0.5, 0.6) is 0 Å². The third-order valence-corrected chi connectivity index (χ3v) is 5.20. The van der Waals surface area contributed by atoms with Crippen molar-refractivity contribution in [2.75, 3.05) is 38.1 Å². The van der Waals surface area contributed by atoms with E-state index in [1.54, 1.807) is 18.2 Å². The van der Waals surface area contributed by atoms with Crippen molar-refractivity contribution in [1.29, 1.82) is 0 Å². The number of carbonyl (C=O) groups is 1. The first-order valence-electron chi connectivity index (χ1n) is 9.01. The smallest absolute Gasteiger partial charge is 0.290 e. The second-order valence-electron chi connectivity index (χ2n) is 6.71. The van der Waals surface area contributed by atoms with Crippen molar-refractivity contribution in [3.05, 3.63) is 63.2 Å². The van der Waals surface area contributed by atoms with Gasteiger partial charge in [0.25, 0.3) is 17.8 Å². The van der Waals surface area contributed by atoms with E-state index in [1.807, 2.05) is 18.2 Å². The van der Waals surface area contributed by atoms with E-state index in [2.05, 4.69) is 21.8 Å². The molecule has 152 valence electrons. The summed E-state index contributed by atoms with van der Waals surface area (Å²) in [5.74, 6) is 0.628. The van der Waals surface area contributed by atoms with Crippen LogP contribution in [-0.2, 0) is 4.79 Å². The molecule has 8 nitrogen and oxygen atoms in total. The summed E-state index contributed by atoms with van der Waals surface area (Å²) in [5.41, 5.74) is 1.00. The van der Waals surface area contributed by atoms with Gasteiger partial charge in [-0.15, -0.1) is 0 Å². The van der Waals surface area contributed by atoms with Crippen molar-refractivity contribution in [2.24, 2.45) is 0 Å². The first-order valence-corrected chi connectivity index (χ1v) is 9.39. The minimum absolute atomic E-state index is 0.222. The molecule has 0 amide bonds. The Bertz CT molecular complexity index is 1080. The van der Waals surface area contributed by atoms with Gasteiger partial charge in [0.2, 0.25) is 0 Å².